The average molecular weight is 320 g/mol. The van der Waals surface area contributed by atoms with Crippen molar-refractivity contribution in [2.75, 3.05) is 16.4 Å². The summed E-state index contributed by atoms with van der Waals surface area (Å²) in [7, 11) is 0. The van der Waals surface area contributed by atoms with Gasteiger partial charge in [0, 0.05) is 17.8 Å². The highest BCUT2D eigenvalue weighted by molar-refractivity contribution is 6.03. The highest BCUT2D eigenvalue weighted by atomic mass is 16.1. The predicted octanol–water partition coefficient (Wildman–Crippen LogP) is 2.32. The van der Waals surface area contributed by atoms with Crippen LogP contribution in [0.3, 0.4) is 0 Å². The lowest BCUT2D eigenvalue weighted by molar-refractivity contribution is 0.102. The molecule has 2 aromatic carbocycles. The van der Waals surface area contributed by atoms with Crippen LogP contribution in [0, 0.1) is 0 Å². The molecule has 7 heteroatoms. The van der Waals surface area contributed by atoms with Crippen LogP contribution in [0.4, 0.5) is 17.6 Å². The molecule has 7 nitrogen and oxygen atoms in total. The first-order chi connectivity index (χ1) is 11.7. The summed E-state index contributed by atoms with van der Waals surface area (Å²) in [6.45, 7) is 0.580. The first-order valence-corrected chi connectivity index (χ1v) is 7.34. The van der Waals surface area contributed by atoms with Gasteiger partial charge in [-0.15, -0.1) is 0 Å². The van der Waals surface area contributed by atoms with Gasteiger partial charge in [0.2, 0.25) is 11.9 Å². The van der Waals surface area contributed by atoms with Crippen LogP contribution >= 0.6 is 0 Å². The van der Waals surface area contributed by atoms with Gasteiger partial charge < -0.3 is 11.1 Å². The number of benzene rings is 2. The van der Waals surface area contributed by atoms with E-state index in [4.69, 9.17) is 5.73 Å². The van der Waals surface area contributed by atoms with E-state index in [1.807, 2.05) is 30.3 Å². The number of hydrogen-bond acceptors (Lipinski definition) is 6. The van der Waals surface area contributed by atoms with Crippen LogP contribution in [0.15, 0.2) is 60.9 Å². The van der Waals surface area contributed by atoms with Crippen LogP contribution in [0.2, 0.25) is 0 Å². The fourth-order valence-corrected chi connectivity index (χ4v) is 2.03. The number of amides is 1. The van der Waals surface area contributed by atoms with E-state index in [1.165, 1.54) is 6.33 Å². The predicted molar refractivity (Wildman–Crippen MR) is 92.4 cm³/mol. The molecule has 1 aromatic heterocycles. The van der Waals surface area contributed by atoms with Crippen LogP contribution < -0.4 is 16.4 Å². The third kappa shape index (κ3) is 4.04. The van der Waals surface area contributed by atoms with Crippen LogP contribution in [-0.4, -0.2) is 20.9 Å². The van der Waals surface area contributed by atoms with Crippen molar-refractivity contribution in [1.29, 1.82) is 0 Å². The Morgan fingerprint density at radius 1 is 0.958 bits per heavy atom. The van der Waals surface area contributed by atoms with Gasteiger partial charge in [0.05, 0.1) is 0 Å². The number of nitrogen functional groups attached to an aromatic ring is 1. The molecule has 0 aliphatic heterocycles. The molecular weight excluding hydrogens is 304 g/mol. The standard InChI is InChI=1S/C17H16N6O/c18-14-8-6-13(7-9-14)15(24)22-17-21-11-20-16(23-17)19-10-12-4-2-1-3-5-12/h1-9,11H,10,18H2,(H2,19,20,21,22,23,24). The first kappa shape index (κ1) is 15.4. The second kappa shape index (κ2) is 7.19. The van der Waals surface area contributed by atoms with Gasteiger partial charge >= 0.3 is 0 Å². The molecule has 0 aliphatic rings. The number of nitrogens with zero attached hydrogens (tertiary/aromatic N) is 3. The highest BCUT2D eigenvalue weighted by Crippen LogP contribution is 2.09. The van der Waals surface area contributed by atoms with Crippen molar-refractivity contribution in [1.82, 2.24) is 15.0 Å². The molecule has 0 bridgehead atoms. The number of nitrogens with two attached hydrogens (primary N) is 1. The summed E-state index contributed by atoms with van der Waals surface area (Å²) in [5.41, 5.74) is 7.78. The second-order valence-corrected chi connectivity index (χ2v) is 5.05. The number of hydrogen-bond donors (Lipinski definition) is 3. The lowest BCUT2D eigenvalue weighted by atomic mass is 10.2. The zero-order valence-electron chi connectivity index (χ0n) is 12.8. The molecule has 0 spiro atoms. The zero-order valence-corrected chi connectivity index (χ0v) is 12.8. The monoisotopic (exact) mass is 320 g/mol. The Bertz CT molecular complexity index is 820. The molecule has 24 heavy (non-hydrogen) atoms. The van der Waals surface area contributed by atoms with Gasteiger partial charge in [-0.2, -0.15) is 4.98 Å². The van der Waals surface area contributed by atoms with Crippen molar-refractivity contribution in [3.05, 3.63) is 72.1 Å². The van der Waals surface area contributed by atoms with Crippen molar-refractivity contribution >= 4 is 23.5 Å². The average Bonchev–Trinajstić information content (AvgIpc) is 2.62. The molecule has 4 N–H and O–H groups in total. The molecular formula is C17H16N6O. The highest BCUT2D eigenvalue weighted by Gasteiger charge is 2.08. The summed E-state index contributed by atoms with van der Waals surface area (Å²) in [5.74, 6) is 0.263. The van der Waals surface area contributed by atoms with Crippen molar-refractivity contribution in [3.63, 3.8) is 0 Å². The maximum absolute atomic E-state index is 12.1. The Kier molecular flexibility index (Phi) is 4.62. The topological polar surface area (TPSA) is 106 Å². The van der Waals surface area contributed by atoms with E-state index in [2.05, 4.69) is 25.6 Å². The van der Waals surface area contributed by atoms with E-state index in [1.54, 1.807) is 24.3 Å². The number of aromatic nitrogens is 3. The van der Waals surface area contributed by atoms with E-state index >= 15 is 0 Å². The van der Waals surface area contributed by atoms with Gasteiger partial charge in [-0.1, -0.05) is 30.3 Å². The van der Waals surface area contributed by atoms with Crippen LogP contribution in [-0.2, 0) is 6.54 Å². The van der Waals surface area contributed by atoms with Crippen LogP contribution in [0.5, 0.6) is 0 Å². The summed E-state index contributed by atoms with van der Waals surface area (Å²) >= 11 is 0. The quantitative estimate of drug-likeness (QED) is 0.623. The summed E-state index contributed by atoms with van der Waals surface area (Å²) in [5, 5.41) is 5.73. The minimum absolute atomic E-state index is 0.183. The van der Waals surface area contributed by atoms with E-state index in [9.17, 15) is 4.79 Å². The molecule has 0 saturated carbocycles. The molecule has 3 aromatic rings. The number of nitrogens with one attached hydrogen (secondary N) is 2. The summed E-state index contributed by atoms with van der Waals surface area (Å²) < 4.78 is 0. The molecule has 0 saturated heterocycles. The van der Waals surface area contributed by atoms with Gasteiger partial charge in [0.1, 0.15) is 6.33 Å². The normalized spacial score (nSPS) is 10.2. The van der Waals surface area contributed by atoms with E-state index in [0.717, 1.165) is 5.56 Å². The third-order valence-corrected chi connectivity index (χ3v) is 3.26. The molecule has 0 aliphatic carbocycles. The van der Waals surface area contributed by atoms with Gasteiger partial charge in [-0.25, -0.2) is 9.97 Å². The summed E-state index contributed by atoms with van der Waals surface area (Å²) in [6.07, 6.45) is 1.35. The van der Waals surface area contributed by atoms with Crippen molar-refractivity contribution in [2.45, 2.75) is 6.54 Å². The molecule has 3 rings (SSSR count). The van der Waals surface area contributed by atoms with Crippen LogP contribution in [0.25, 0.3) is 0 Å². The smallest absolute Gasteiger partial charge is 0.258 e. The molecule has 120 valence electrons. The minimum Gasteiger partial charge on any atom is -0.399 e. The van der Waals surface area contributed by atoms with E-state index in [0.29, 0.717) is 23.7 Å². The number of rotatable bonds is 5. The molecule has 1 heterocycles. The lowest BCUT2D eigenvalue weighted by Gasteiger charge is -2.07. The van der Waals surface area contributed by atoms with Crippen molar-refractivity contribution < 1.29 is 4.79 Å². The van der Waals surface area contributed by atoms with Gasteiger partial charge in [0.15, 0.2) is 0 Å². The van der Waals surface area contributed by atoms with Crippen LogP contribution in [0.1, 0.15) is 15.9 Å². The summed E-state index contributed by atoms with van der Waals surface area (Å²) in [6, 6.07) is 16.5. The Morgan fingerprint density at radius 2 is 1.67 bits per heavy atom. The molecule has 0 unspecified atom stereocenters. The number of carbonyl (C=O) groups excluding carboxylic acids is 1. The fraction of sp³-hybridized carbons (Fsp3) is 0.0588. The van der Waals surface area contributed by atoms with Gasteiger partial charge in [-0.05, 0) is 29.8 Å². The minimum atomic E-state index is -0.310. The lowest BCUT2D eigenvalue weighted by Crippen LogP contribution is -2.15. The zero-order chi connectivity index (χ0) is 16.8. The maximum Gasteiger partial charge on any atom is 0.258 e. The Morgan fingerprint density at radius 3 is 2.42 bits per heavy atom. The molecule has 0 atom stereocenters. The van der Waals surface area contributed by atoms with E-state index in [-0.39, 0.29) is 11.9 Å². The molecule has 0 radical (unpaired) electrons. The SMILES string of the molecule is Nc1ccc(C(=O)Nc2ncnc(NCc3ccccc3)n2)cc1. The number of anilines is 3. The maximum atomic E-state index is 12.1. The largest absolute Gasteiger partial charge is 0.399 e. The fourth-order valence-electron chi connectivity index (χ4n) is 2.03. The van der Waals surface area contributed by atoms with E-state index < -0.39 is 0 Å². The Hall–Kier alpha value is -3.48. The second-order valence-electron chi connectivity index (χ2n) is 5.05. The third-order valence-electron chi connectivity index (χ3n) is 3.26. The Labute approximate surface area is 139 Å². The first-order valence-electron chi connectivity index (χ1n) is 7.34. The van der Waals surface area contributed by atoms with Crippen molar-refractivity contribution in [2.24, 2.45) is 0 Å². The molecule has 0 fully saturated rings. The van der Waals surface area contributed by atoms with Crippen molar-refractivity contribution in [3.8, 4) is 0 Å². The molecule has 1 amide bonds. The van der Waals surface area contributed by atoms with Gasteiger partial charge in [0.25, 0.3) is 5.91 Å². The summed E-state index contributed by atoms with van der Waals surface area (Å²) in [4.78, 5) is 24.3. The Balaban J connectivity index is 1.64. The number of carbonyl (C=O) groups is 1. The van der Waals surface area contributed by atoms with Gasteiger partial charge in [-0.3, -0.25) is 10.1 Å².